The van der Waals surface area contributed by atoms with Crippen LogP contribution in [0.5, 0.6) is 0 Å². The summed E-state index contributed by atoms with van der Waals surface area (Å²) in [6.07, 6.45) is 2.04. The van der Waals surface area contributed by atoms with Gasteiger partial charge < -0.3 is 5.32 Å². The van der Waals surface area contributed by atoms with Crippen LogP contribution in [0.15, 0.2) is 60.8 Å². The molecule has 0 spiro atoms. The highest BCUT2D eigenvalue weighted by molar-refractivity contribution is 6.31. The standard InChI is InChI=1S/C19H17ClN2O/c1-13(16-9-2-3-10-17(16)20)22-18(23)12-15-7-4-6-14-8-5-11-21-19(14)15/h2-11,13H,12H2,1H3,(H,22,23). The molecular weight excluding hydrogens is 308 g/mol. The highest BCUT2D eigenvalue weighted by Crippen LogP contribution is 2.22. The molecule has 0 aliphatic rings. The number of nitrogens with one attached hydrogen (secondary N) is 1. The third-order valence-electron chi connectivity index (χ3n) is 3.82. The van der Waals surface area contributed by atoms with Crippen molar-refractivity contribution in [1.82, 2.24) is 10.3 Å². The summed E-state index contributed by atoms with van der Waals surface area (Å²) < 4.78 is 0. The van der Waals surface area contributed by atoms with E-state index in [1.807, 2.05) is 61.5 Å². The summed E-state index contributed by atoms with van der Waals surface area (Å²) in [4.78, 5) is 16.8. The fourth-order valence-electron chi connectivity index (χ4n) is 2.68. The van der Waals surface area contributed by atoms with Crippen molar-refractivity contribution < 1.29 is 4.79 Å². The molecule has 0 bridgehead atoms. The Bertz CT molecular complexity index is 842. The van der Waals surface area contributed by atoms with Crippen LogP contribution in [0.1, 0.15) is 24.1 Å². The van der Waals surface area contributed by atoms with E-state index in [2.05, 4.69) is 10.3 Å². The molecule has 0 aliphatic heterocycles. The summed E-state index contributed by atoms with van der Waals surface area (Å²) in [7, 11) is 0. The van der Waals surface area contributed by atoms with E-state index in [0.29, 0.717) is 11.4 Å². The molecular formula is C19H17ClN2O. The van der Waals surface area contributed by atoms with Crippen molar-refractivity contribution in [2.45, 2.75) is 19.4 Å². The van der Waals surface area contributed by atoms with Crippen molar-refractivity contribution in [1.29, 1.82) is 0 Å². The van der Waals surface area contributed by atoms with E-state index in [1.165, 1.54) is 0 Å². The minimum atomic E-state index is -0.140. The first-order valence-electron chi connectivity index (χ1n) is 7.51. The maximum atomic E-state index is 12.4. The van der Waals surface area contributed by atoms with Crippen molar-refractivity contribution in [3.63, 3.8) is 0 Å². The predicted molar refractivity (Wildman–Crippen MR) is 93.5 cm³/mol. The molecule has 1 N–H and O–H groups in total. The number of amides is 1. The molecule has 3 nitrogen and oxygen atoms in total. The van der Waals surface area contributed by atoms with E-state index >= 15 is 0 Å². The van der Waals surface area contributed by atoms with Gasteiger partial charge in [0.15, 0.2) is 0 Å². The molecule has 0 aliphatic carbocycles. The topological polar surface area (TPSA) is 42.0 Å². The molecule has 0 radical (unpaired) electrons. The minimum absolute atomic E-state index is 0.0458. The number of benzene rings is 2. The molecule has 1 unspecified atom stereocenters. The van der Waals surface area contributed by atoms with Gasteiger partial charge in [-0.1, -0.05) is 54.1 Å². The SMILES string of the molecule is CC(NC(=O)Cc1cccc2cccnc12)c1ccccc1Cl. The van der Waals surface area contributed by atoms with Crippen LogP contribution in [0.25, 0.3) is 10.9 Å². The second-order valence-electron chi connectivity index (χ2n) is 5.48. The Morgan fingerprint density at radius 3 is 2.74 bits per heavy atom. The van der Waals surface area contributed by atoms with Crippen LogP contribution in [-0.2, 0) is 11.2 Å². The molecule has 0 saturated heterocycles. The van der Waals surface area contributed by atoms with Gasteiger partial charge in [-0.2, -0.15) is 0 Å². The zero-order chi connectivity index (χ0) is 16.2. The molecule has 4 heteroatoms. The molecule has 1 aromatic heterocycles. The lowest BCUT2D eigenvalue weighted by Crippen LogP contribution is -2.28. The van der Waals surface area contributed by atoms with Crippen LogP contribution in [0.3, 0.4) is 0 Å². The van der Waals surface area contributed by atoms with E-state index in [1.54, 1.807) is 6.20 Å². The fraction of sp³-hybridized carbons (Fsp3) is 0.158. The van der Waals surface area contributed by atoms with Crippen LogP contribution in [0.2, 0.25) is 5.02 Å². The third-order valence-corrected chi connectivity index (χ3v) is 4.16. The molecule has 23 heavy (non-hydrogen) atoms. The van der Waals surface area contributed by atoms with Gasteiger partial charge in [0.1, 0.15) is 0 Å². The van der Waals surface area contributed by atoms with Crippen LogP contribution in [0.4, 0.5) is 0 Å². The van der Waals surface area contributed by atoms with E-state index in [9.17, 15) is 4.79 Å². The van der Waals surface area contributed by atoms with Gasteiger partial charge in [-0.25, -0.2) is 0 Å². The Morgan fingerprint density at radius 2 is 1.91 bits per heavy atom. The molecule has 1 atom stereocenters. The number of nitrogens with zero attached hydrogens (tertiary/aromatic N) is 1. The number of rotatable bonds is 4. The van der Waals surface area contributed by atoms with Crippen molar-refractivity contribution in [2.24, 2.45) is 0 Å². The highest BCUT2D eigenvalue weighted by Gasteiger charge is 2.13. The Balaban J connectivity index is 1.75. The number of hydrogen-bond acceptors (Lipinski definition) is 2. The highest BCUT2D eigenvalue weighted by atomic mass is 35.5. The van der Waals surface area contributed by atoms with Gasteiger partial charge in [-0.05, 0) is 30.2 Å². The predicted octanol–water partition coefficient (Wildman–Crippen LogP) is 4.31. The van der Waals surface area contributed by atoms with Gasteiger partial charge in [0, 0.05) is 16.6 Å². The van der Waals surface area contributed by atoms with Gasteiger partial charge in [-0.15, -0.1) is 0 Å². The number of carbonyl (C=O) groups excluding carboxylic acids is 1. The summed E-state index contributed by atoms with van der Waals surface area (Å²) in [6.45, 7) is 1.93. The number of para-hydroxylation sites is 1. The van der Waals surface area contributed by atoms with Gasteiger partial charge in [0.2, 0.25) is 5.91 Å². The van der Waals surface area contributed by atoms with E-state index < -0.39 is 0 Å². The number of halogens is 1. The van der Waals surface area contributed by atoms with Crippen LogP contribution in [-0.4, -0.2) is 10.9 Å². The smallest absolute Gasteiger partial charge is 0.224 e. The number of hydrogen-bond donors (Lipinski definition) is 1. The first kappa shape index (κ1) is 15.5. The summed E-state index contributed by atoms with van der Waals surface area (Å²) in [5.41, 5.74) is 2.71. The zero-order valence-electron chi connectivity index (χ0n) is 12.8. The second kappa shape index (κ2) is 6.80. The first-order valence-corrected chi connectivity index (χ1v) is 7.89. The molecule has 116 valence electrons. The fourth-order valence-corrected chi connectivity index (χ4v) is 2.98. The average molecular weight is 325 g/mol. The van der Waals surface area contributed by atoms with Gasteiger partial charge in [0.05, 0.1) is 18.0 Å². The maximum Gasteiger partial charge on any atom is 0.224 e. The van der Waals surface area contributed by atoms with Crippen molar-refractivity contribution in [2.75, 3.05) is 0 Å². The van der Waals surface area contributed by atoms with Crippen LogP contribution >= 0.6 is 11.6 Å². The van der Waals surface area contributed by atoms with Gasteiger partial charge in [-0.3, -0.25) is 9.78 Å². The van der Waals surface area contributed by atoms with Crippen molar-refractivity contribution in [3.05, 3.63) is 76.9 Å². The molecule has 3 aromatic rings. The minimum Gasteiger partial charge on any atom is -0.349 e. The molecule has 1 heterocycles. The third kappa shape index (κ3) is 3.51. The Kier molecular flexibility index (Phi) is 4.58. The van der Waals surface area contributed by atoms with E-state index in [4.69, 9.17) is 11.6 Å². The average Bonchev–Trinajstić information content (AvgIpc) is 2.55. The lowest BCUT2D eigenvalue weighted by atomic mass is 10.1. The quantitative estimate of drug-likeness (QED) is 0.777. The van der Waals surface area contributed by atoms with E-state index in [0.717, 1.165) is 22.0 Å². The monoisotopic (exact) mass is 324 g/mol. The van der Waals surface area contributed by atoms with Gasteiger partial charge >= 0.3 is 0 Å². The largest absolute Gasteiger partial charge is 0.349 e. The van der Waals surface area contributed by atoms with Crippen molar-refractivity contribution >= 4 is 28.4 Å². The van der Waals surface area contributed by atoms with Crippen LogP contribution in [0, 0.1) is 0 Å². The maximum absolute atomic E-state index is 12.4. The van der Waals surface area contributed by atoms with Crippen LogP contribution < -0.4 is 5.32 Å². The first-order chi connectivity index (χ1) is 11.1. The number of pyridine rings is 1. The summed E-state index contributed by atoms with van der Waals surface area (Å²) in [6, 6.07) is 17.2. The molecule has 0 fully saturated rings. The number of fused-ring (bicyclic) bond motifs is 1. The van der Waals surface area contributed by atoms with E-state index in [-0.39, 0.29) is 11.9 Å². The molecule has 1 amide bonds. The number of aromatic nitrogens is 1. The lowest BCUT2D eigenvalue weighted by molar-refractivity contribution is -0.121. The molecule has 3 rings (SSSR count). The summed E-state index contributed by atoms with van der Waals surface area (Å²) in [5, 5.41) is 4.70. The molecule has 2 aromatic carbocycles. The second-order valence-corrected chi connectivity index (χ2v) is 5.89. The summed E-state index contributed by atoms with van der Waals surface area (Å²) in [5.74, 6) is -0.0458. The Hall–Kier alpha value is -2.39. The normalized spacial score (nSPS) is 12.1. The number of carbonyl (C=O) groups is 1. The molecule has 0 saturated carbocycles. The Morgan fingerprint density at radius 1 is 1.13 bits per heavy atom. The summed E-state index contributed by atoms with van der Waals surface area (Å²) >= 11 is 6.18. The lowest BCUT2D eigenvalue weighted by Gasteiger charge is -2.16. The Labute approximate surface area is 140 Å². The van der Waals surface area contributed by atoms with Crippen molar-refractivity contribution in [3.8, 4) is 0 Å². The van der Waals surface area contributed by atoms with Gasteiger partial charge in [0.25, 0.3) is 0 Å². The zero-order valence-corrected chi connectivity index (χ0v) is 13.5.